The second-order valence-corrected chi connectivity index (χ2v) is 4.61. The van der Waals surface area contributed by atoms with E-state index in [0.29, 0.717) is 0 Å². The highest BCUT2D eigenvalue weighted by molar-refractivity contribution is 5.66. The topological polar surface area (TPSA) is 0 Å². The number of rotatable bonds is 1. The van der Waals surface area contributed by atoms with Gasteiger partial charge < -0.3 is 0 Å². The maximum Gasteiger partial charge on any atom is -0.0120 e. The van der Waals surface area contributed by atoms with Gasteiger partial charge in [-0.25, -0.2) is 0 Å². The Balaban J connectivity index is 2.57. The zero-order valence-corrected chi connectivity index (χ0v) is 10.4. The van der Waals surface area contributed by atoms with Crippen molar-refractivity contribution in [3.05, 3.63) is 58.7 Å². The summed E-state index contributed by atoms with van der Waals surface area (Å²) < 4.78 is 0. The van der Waals surface area contributed by atoms with Crippen LogP contribution in [0.4, 0.5) is 0 Å². The largest absolute Gasteiger partial charge is 0.0563 e. The second-order valence-electron chi connectivity index (χ2n) is 4.61. The highest BCUT2D eigenvalue weighted by atomic mass is 14.1. The second kappa shape index (κ2) is 4.13. The normalized spacial score (nSPS) is 10.5. The maximum atomic E-state index is 3.31. The Hall–Kier alpha value is -1.56. The molecule has 2 rings (SSSR count). The SMILES string of the molecule is Cc1[c]c(C)cc(-c2cc(C)cc(C)c2)c1. The van der Waals surface area contributed by atoms with E-state index < -0.39 is 0 Å². The molecule has 0 heterocycles. The molecule has 0 N–H and O–H groups in total. The molecule has 0 spiro atoms. The van der Waals surface area contributed by atoms with Crippen LogP contribution in [0.3, 0.4) is 0 Å². The third-order valence-electron chi connectivity index (χ3n) is 2.69. The molecule has 1 radical (unpaired) electrons. The predicted octanol–water partition coefficient (Wildman–Crippen LogP) is 4.39. The van der Waals surface area contributed by atoms with E-state index in [1.165, 1.54) is 33.4 Å². The van der Waals surface area contributed by atoms with Crippen LogP contribution in [-0.2, 0) is 0 Å². The zero-order chi connectivity index (χ0) is 11.7. The highest BCUT2D eigenvalue weighted by Crippen LogP contribution is 2.24. The van der Waals surface area contributed by atoms with Crippen molar-refractivity contribution in [2.75, 3.05) is 0 Å². The van der Waals surface area contributed by atoms with Crippen molar-refractivity contribution in [3.63, 3.8) is 0 Å². The molecule has 0 aromatic heterocycles. The number of hydrogen-bond donors (Lipinski definition) is 0. The Morgan fingerprint density at radius 1 is 0.625 bits per heavy atom. The number of benzene rings is 2. The van der Waals surface area contributed by atoms with E-state index in [4.69, 9.17) is 0 Å². The fraction of sp³-hybridized carbons (Fsp3) is 0.250. The Morgan fingerprint density at radius 3 is 1.56 bits per heavy atom. The summed E-state index contributed by atoms with van der Waals surface area (Å²) in [6, 6.07) is 14.4. The summed E-state index contributed by atoms with van der Waals surface area (Å²) in [5, 5.41) is 0. The average Bonchev–Trinajstić information content (AvgIpc) is 2.14. The first kappa shape index (κ1) is 10.9. The van der Waals surface area contributed by atoms with Crippen molar-refractivity contribution in [3.8, 4) is 11.1 Å². The van der Waals surface area contributed by atoms with E-state index in [2.05, 4.69) is 64.1 Å². The number of aryl methyl sites for hydroxylation is 4. The molecule has 0 aliphatic carbocycles. The molecular formula is C16H17. The maximum absolute atomic E-state index is 3.31. The average molecular weight is 209 g/mol. The number of hydrogen-bond acceptors (Lipinski definition) is 0. The first-order valence-corrected chi connectivity index (χ1v) is 5.64. The van der Waals surface area contributed by atoms with Gasteiger partial charge in [0.1, 0.15) is 0 Å². The molecule has 16 heavy (non-hydrogen) atoms. The van der Waals surface area contributed by atoms with Crippen LogP contribution in [0.5, 0.6) is 0 Å². The Labute approximate surface area is 97.9 Å². The van der Waals surface area contributed by atoms with Gasteiger partial charge >= 0.3 is 0 Å². The van der Waals surface area contributed by atoms with Crippen molar-refractivity contribution < 1.29 is 0 Å². The summed E-state index contributed by atoms with van der Waals surface area (Å²) in [7, 11) is 0. The van der Waals surface area contributed by atoms with Crippen LogP contribution in [0.15, 0.2) is 30.3 Å². The quantitative estimate of drug-likeness (QED) is 0.653. The molecule has 0 atom stereocenters. The van der Waals surface area contributed by atoms with Gasteiger partial charge in [-0.05, 0) is 56.0 Å². The van der Waals surface area contributed by atoms with Crippen LogP contribution < -0.4 is 0 Å². The fourth-order valence-corrected chi connectivity index (χ4v) is 2.20. The molecule has 0 amide bonds. The molecule has 2 aromatic carbocycles. The minimum absolute atomic E-state index is 1.20. The molecular weight excluding hydrogens is 192 g/mol. The van der Waals surface area contributed by atoms with Crippen molar-refractivity contribution in [1.29, 1.82) is 0 Å². The fourth-order valence-electron chi connectivity index (χ4n) is 2.20. The molecule has 0 fully saturated rings. The minimum atomic E-state index is 1.20. The van der Waals surface area contributed by atoms with Gasteiger partial charge in [-0.3, -0.25) is 0 Å². The molecule has 2 aromatic rings. The standard InChI is InChI=1S/C16H17/c1-11-5-12(2)8-15(7-11)16-9-13(3)6-14(4)10-16/h5,7-10H,1-4H3. The molecule has 0 heteroatoms. The molecule has 0 bridgehead atoms. The molecule has 0 unspecified atom stereocenters. The van der Waals surface area contributed by atoms with Crippen molar-refractivity contribution in [1.82, 2.24) is 0 Å². The summed E-state index contributed by atoms with van der Waals surface area (Å²) in [6.45, 7) is 8.48. The Kier molecular flexibility index (Phi) is 2.82. The van der Waals surface area contributed by atoms with Gasteiger partial charge in [0.15, 0.2) is 0 Å². The van der Waals surface area contributed by atoms with Crippen LogP contribution in [0, 0.1) is 33.8 Å². The summed E-state index contributed by atoms with van der Waals surface area (Å²) in [4.78, 5) is 0. The third kappa shape index (κ3) is 2.33. The van der Waals surface area contributed by atoms with Crippen LogP contribution in [0.25, 0.3) is 11.1 Å². The summed E-state index contributed by atoms with van der Waals surface area (Å²) in [5.41, 5.74) is 7.64. The zero-order valence-electron chi connectivity index (χ0n) is 10.4. The summed E-state index contributed by atoms with van der Waals surface area (Å²) in [5.74, 6) is 0. The lowest BCUT2D eigenvalue weighted by molar-refractivity contribution is 1.35. The van der Waals surface area contributed by atoms with E-state index in [1.54, 1.807) is 0 Å². The van der Waals surface area contributed by atoms with Crippen molar-refractivity contribution in [2.45, 2.75) is 27.7 Å². The van der Waals surface area contributed by atoms with Gasteiger partial charge in [-0.15, -0.1) is 0 Å². The molecule has 0 aliphatic heterocycles. The lowest BCUT2D eigenvalue weighted by atomic mass is 9.98. The van der Waals surface area contributed by atoms with Crippen molar-refractivity contribution >= 4 is 0 Å². The highest BCUT2D eigenvalue weighted by Gasteiger charge is 2.01. The van der Waals surface area contributed by atoms with E-state index in [-0.39, 0.29) is 0 Å². The van der Waals surface area contributed by atoms with Gasteiger partial charge in [0.05, 0.1) is 0 Å². The van der Waals surface area contributed by atoms with Gasteiger partial charge in [-0.1, -0.05) is 41.5 Å². The Bertz CT molecular complexity index is 432. The minimum Gasteiger partial charge on any atom is -0.0563 e. The van der Waals surface area contributed by atoms with Gasteiger partial charge in [0.25, 0.3) is 0 Å². The van der Waals surface area contributed by atoms with Crippen LogP contribution in [0.1, 0.15) is 22.3 Å². The van der Waals surface area contributed by atoms with Crippen LogP contribution in [-0.4, -0.2) is 0 Å². The van der Waals surface area contributed by atoms with Gasteiger partial charge in [0.2, 0.25) is 0 Å². The molecule has 0 saturated carbocycles. The van der Waals surface area contributed by atoms with Gasteiger partial charge in [0, 0.05) is 0 Å². The first-order chi connectivity index (χ1) is 7.54. The predicted molar refractivity (Wildman–Crippen MR) is 69.7 cm³/mol. The van der Waals surface area contributed by atoms with Crippen LogP contribution in [0.2, 0.25) is 0 Å². The van der Waals surface area contributed by atoms with Crippen molar-refractivity contribution in [2.24, 2.45) is 0 Å². The smallest absolute Gasteiger partial charge is 0.0120 e. The summed E-state index contributed by atoms with van der Waals surface area (Å²) >= 11 is 0. The van der Waals surface area contributed by atoms with E-state index in [0.717, 1.165) is 0 Å². The van der Waals surface area contributed by atoms with E-state index >= 15 is 0 Å². The summed E-state index contributed by atoms with van der Waals surface area (Å²) in [6.07, 6.45) is 0. The Morgan fingerprint density at radius 2 is 1.06 bits per heavy atom. The first-order valence-electron chi connectivity index (χ1n) is 5.64. The lowest BCUT2D eigenvalue weighted by Gasteiger charge is -2.07. The monoisotopic (exact) mass is 209 g/mol. The molecule has 0 saturated heterocycles. The third-order valence-corrected chi connectivity index (χ3v) is 2.69. The van der Waals surface area contributed by atoms with Crippen LogP contribution >= 0.6 is 0 Å². The lowest BCUT2D eigenvalue weighted by Crippen LogP contribution is -1.85. The van der Waals surface area contributed by atoms with E-state index in [1.807, 2.05) is 0 Å². The van der Waals surface area contributed by atoms with E-state index in [9.17, 15) is 0 Å². The molecule has 81 valence electrons. The van der Waals surface area contributed by atoms with Gasteiger partial charge in [-0.2, -0.15) is 0 Å². The molecule has 0 nitrogen and oxygen atoms in total. The molecule has 0 aliphatic rings.